The molecule has 0 aromatic heterocycles. The molecule has 0 saturated carbocycles. The Hall–Kier alpha value is -1.26. The van der Waals surface area contributed by atoms with Crippen molar-refractivity contribution in [1.29, 1.82) is 0 Å². The number of carboxylic acid groups (broad SMARTS) is 1. The maximum absolute atomic E-state index is 12.1. The summed E-state index contributed by atoms with van der Waals surface area (Å²) >= 11 is 0. The summed E-state index contributed by atoms with van der Waals surface area (Å²) in [6.45, 7) is 7.74. The van der Waals surface area contributed by atoms with Gasteiger partial charge in [-0.05, 0) is 25.2 Å². The molecule has 0 spiro atoms. The van der Waals surface area contributed by atoms with Gasteiger partial charge in [0.15, 0.2) is 0 Å². The van der Waals surface area contributed by atoms with Crippen molar-refractivity contribution in [3.63, 3.8) is 0 Å². The minimum Gasteiger partial charge on any atom is -0.480 e. The zero-order valence-electron chi connectivity index (χ0n) is 10.9. The minimum absolute atomic E-state index is 0.135. The van der Waals surface area contributed by atoms with E-state index < -0.39 is 5.97 Å². The van der Waals surface area contributed by atoms with Crippen LogP contribution in [0.15, 0.2) is 0 Å². The molecule has 1 aliphatic heterocycles. The van der Waals surface area contributed by atoms with E-state index in [-0.39, 0.29) is 18.0 Å². The lowest BCUT2D eigenvalue weighted by Crippen LogP contribution is -2.50. The van der Waals surface area contributed by atoms with Gasteiger partial charge < -0.3 is 14.9 Å². The van der Waals surface area contributed by atoms with Crippen molar-refractivity contribution >= 4 is 12.0 Å². The summed E-state index contributed by atoms with van der Waals surface area (Å²) < 4.78 is 0. The molecule has 1 saturated heterocycles. The van der Waals surface area contributed by atoms with Crippen molar-refractivity contribution in [3.8, 4) is 0 Å². The van der Waals surface area contributed by atoms with Crippen molar-refractivity contribution in [2.24, 2.45) is 5.41 Å². The lowest BCUT2D eigenvalue weighted by molar-refractivity contribution is -0.137. The fourth-order valence-corrected chi connectivity index (χ4v) is 2.26. The molecule has 1 N–H and O–H groups in total. The normalized spacial score (nSPS) is 18.9. The molecular formula is C12H22N2O3. The lowest BCUT2D eigenvalue weighted by atomic mass is 9.84. The monoisotopic (exact) mass is 242 g/mol. The molecule has 17 heavy (non-hydrogen) atoms. The van der Waals surface area contributed by atoms with E-state index in [0.717, 1.165) is 19.4 Å². The molecule has 98 valence electrons. The second kappa shape index (κ2) is 5.38. The highest BCUT2D eigenvalue weighted by Crippen LogP contribution is 2.28. The third-order valence-electron chi connectivity index (χ3n) is 3.15. The first-order valence-electron chi connectivity index (χ1n) is 6.11. The Balaban J connectivity index is 2.64. The molecule has 5 heteroatoms. The van der Waals surface area contributed by atoms with Crippen molar-refractivity contribution in [2.45, 2.75) is 33.6 Å². The summed E-state index contributed by atoms with van der Waals surface area (Å²) in [5, 5.41) is 8.75. The third kappa shape index (κ3) is 3.91. The molecule has 1 heterocycles. The van der Waals surface area contributed by atoms with Crippen LogP contribution < -0.4 is 0 Å². The van der Waals surface area contributed by atoms with Crippen LogP contribution in [0, 0.1) is 5.41 Å². The van der Waals surface area contributed by atoms with Crippen LogP contribution in [0.3, 0.4) is 0 Å². The van der Waals surface area contributed by atoms with Crippen LogP contribution in [0.1, 0.15) is 33.6 Å². The molecule has 0 radical (unpaired) electrons. The molecule has 0 aliphatic carbocycles. The molecule has 1 aliphatic rings. The SMILES string of the molecule is CCN(CC(=O)O)C(=O)N1CCCC(C)(C)C1. The van der Waals surface area contributed by atoms with Gasteiger partial charge in [-0.2, -0.15) is 0 Å². The zero-order valence-corrected chi connectivity index (χ0v) is 10.9. The summed E-state index contributed by atoms with van der Waals surface area (Å²) in [4.78, 5) is 26.0. The van der Waals surface area contributed by atoms with Gasteiger partial charge in [-0.25, -0.2) is 4.79 Å². The lowest BCUT2D eigenvalue weighted by Gasteiger charge is -2.39. The topological polar surface area (TPSA) is 60.9 Å². The number of hydrogen-bond donors (Lipinski definition) is 1. The van der Waals surface area contributed by atoms with E-state index in [0.29, 0.717) is 13.1 Å². The number of carbonyl (C=O) groups excluding carboxylic acids is 1. The molecular weight excluding hydrogens is 220 g/mol. The summed E-state index contributed by atoms with van der Waals surface area (Å²) in [5.74, 6) is -0.962. The number of urea groups is 1. The number of amides is 2. The van der Waals surface area contributed by atoms with Crippen LogP contribution in [0.4, 0.5) is 4.79 Å². The second-order valence-electron chi connectivity index (χ2n) is 5.38. The summed E-state index contributed by atoms with van der Waals surface area (Å²) in [6, 6.07) is -0.150. The number of carboxylic acids is 1. The van der Waals surface area contributed by atoms with E-state index in [4.69, 9.17) is 5.11 Å². The first kappa shape index (κ1) is 13.8. The minimum atomic E-state index is -0.962. The van der Waals surface area contributed by atoms with Crippen molar-refractivity contribution in [2.75, 3.05) is 26.2 Å². The third-order valence-corrected chi connectivity index (χ3v) is 3.15. The average molecular weight is 242 g/mol. The first-order chi connectivity index (χ1) is 7.85. The van der Waals surface area contributed by atoms with Crippen molar-refractivity contribution < 1.29 is 14.7 Å². The van der Waals surface area contributed by atoms with E-state index in [1.165, 1.54) is 4.90 Å². The van der Waals surface area contributed by atoms with Gasteiger partial charge in [-0.15, -0.1) is 0 Å². The number of likely N-dealkylation sites (N-methyl/N-ethyl adjacent to an activating group) is 1. The number of likely N-dealkylation sites (tertiary alicyclic amines) is 1. The molecule has 2 amide bonds. The van der Waals surface area contributed by atoms with Gasteiger partial charge in [0.25, 0.3) is 0 Å². The second-order valence-corrected chi connectivity index (χ2v) is 5.38. The molecule has 0 aromatic rings. The average Bonchev–Trinajstić information content (AvgIpc) is 2.23. The Bertz CT molecular complexity index is 302. The zero-order chi connectivity index (χ0) is 13.1. The van der Waals surface area contributed by atoms with Gasteiger partial charge in [-0.1, -0.05) is 13.8 Å². The van der Waals surface area contributed by atoms with E-state index >= 15 is 0 Å². The Kier molecular flexibility index (Phi) is 4.37. The Morgan fingerprint density at radius 2 is 2.06 bits per heavy atom. The highest BCUT2D eigenvalue weighted by molar-refractivity contribution is 5.80. The maximum Gasteiger partial charge on any atom is 0.323 e. The van der Waals surface area contributed by atoms with Crippen LogP contribution >= 0.6 is 0 Å². The number of nitrogens with zero attached hydrogens (tertiary/aromatic N) is 2. The van der Waals surface area contributed by atoms with E-state index in [1.807, 2.05) is 0 Å². The van der Waals surface area contributed by atoms with Crippen LogP contribution in [0.25, 0.3) is 0 Å². The highest BCUT2D eigenvalue weighted by atomic mass is 16.4. The van der Waals surface area contributed by atoms with Crippen LogP contribution in [0.5, 0.6) is 0 Å². The number of rotatable bonds is 3. The summed E-state index contributed by atoms with van der Waals surface area (Å²) in [7, 11) is 0. The number of hydrogen-bond acceptors (Lipinski definition) is 2. The highest BCUT2D eigenvalue weighted by Gasteiger charge is 2.31. The molecule has 0 aromatic carbocycles. The van der Waals surface area contributed by atoms with E-state index in [1.54, 1.807) is 11.8 Å². The standard InChI is InChI=1S/C12H22N2O3/c1-4-13(8-10(15)16)11(17)14-7-5-6-12(2,3)9-14/h4-9H2,1-3H3,(H,15,16). The first-order valence-corrected chi connectivity index (χ1v) is 6.11. The predicted molar refractivity (Wildman–Crippen MR) is 64.9 cm³/mol. The van der Waals surface area contributed by atoms with Gasteiger partial charge in [0.2, 0.25) is 0 Å². The number of aliphatic carboxylic acids is 1. The van der Waals surface area contributed by atoms with Crippen LogP contribution in [-0.2, 0) is 4.79 Å². The Morgan fingerprint density at radius 3 is 2.53 bits per heavy atom. The largest absolute Gasteiger partial charge is 0.480 e. The Morgan fingerprint density at radius 1 is 1.41 bits per heavy atom. The molecule has 1 fully saturated rings. The molecule has 1 rings (SSSR count). The van der Waals surface area contributed by atoms with E-state index in [2.05, 4.69) is 13.8 Å². The molecule has 0 atom stereocenters. The fraction of sp³-hybridized carbons (Fsp3) is 0.833. The molecule has 5 nitrogen and oxygen atoms in total. The molecule has 0 unspecified atom stereocenters. The van der Waals surface area contributed by atoms with Gasteiger partial charge in [0.05, 0.1) is 0 Å². The van der Waals surface area contributed by atoms with E-state index in [9.17, 15) is 9.59 Å². The summed E-state index contributed by atoms with van der Waals surface area (Å²) in [5.41, 5.74) is 0.135. The van der Waals surface area contributed by atoms with Gasteiger partial charge in [0, 0.05) is 19.6 Å². The van der Waals surface area contributed by atoms with Crippen LogP contribution in [-0.4, -0.2) is 53.1 Å². The maximum atomic E-state index is 12.1. The summed E-state index contributed by atoms with van der Waals surface area (Å²) in [6.07, 6.45) is 2.10. The van der Waals surface area contributed by atoms with Crippen LogP contribution in [0.2, 0.25) is 0 Å². The molecule has 0 bridgehead atoms. The van der Waals surface area contributed by atoms with Crippen molar-refractivity contribution in [1.82, 2.24) is 9.80 Å². The van der Waals surface area contributed by atoms with Gasteiger partial charge >= 0.3 is 12.0 Å². The van der Waals surface area contributed by atoms with Gasteiger partial charge in [-0.3, -0.25) is 4.79 Å². The Labute approximate surface area is 102 Å². The smallest absolute Gasteiger partial charge is 0.323 e. The number of piperidine rings is 1. The van der Waals surface area contributed by atoms with Gasteiger partial charge in [0.1, 0.15) is 6.54 Å². The van der Waals surface area contributed by atoms with Crippen molar-refractivity contribution in [3.05, 3.63) is 0 Å². The fourth-order valence-electron chi connectivity index (χ4n) is 2.26. The quantitative estimate of drug-likeness (QED) is 0.818. The number of carbonyl (C=O) groups is 2. The predicted octanol–water partition coefficient (Wildman–Crippen LogP) is 1.63.